The molecule has 0 radical (unpaired) electrons. The van der Waals surface area contributed by atoms with E-state index in [4.69, 9.17) is 10.5 Å². The number of anilines is 1. The van der Waals surface area contributed by atoms with Crippen LogP contribution in [0.3, 0.4) is 0 Å². The Bertz CT molecular complexity index is 407. The van der Waals surface area contributed by atoms with Crippen LogP contribution in [0.15, 0.2) is 24.3 Å². The summed E-state index contributed by atoms with van der Waals surface area (Å²) in [5.74, 6) is 0.651. The molecule has 0 saturated heterocycles. The topological polar surface area (TPSA) is 67.6 Å². The average molecular weight is 265 g/mol. The first-order valence-electron chi connectivity index (χ1n) is 6.50. The van der Waals surface area contributed by atoms with Gasteiger partial charge in [-0.2, -0.15) is 0 Å². The standard InChI is InChI=1S/C14H23N3O2/c1-11(2)17(10-6-9-15)14(18)16-12-7-4-5-8-13(12)19-3/h4-5,7-8,11H,6,9-10,15H2,1-3H3,(H,16,18). The second-order valence-electron chi connectivity index (χ2n) is 4.56. The zero-order chi connectivity index (χ0) is 14.3. The lowest BCUT2D eigenvalue weighted by Crippen LogP contribution is -2.41. The maximum Gasteiger partial charge on any atom is 0.322 e. The first kappa shape index (κ1) is 15.3. The van der Waals surface area contributed by atoms with E-state index in [9.17, 15) is 4.79 Å². The third-order valence-electron chi connectivity index (χ3n) is 2.84. The molecule has 3 N–H and O–H groups in total. The smallest absolute Gasteiger partial charge is 0.322 e. The van der Waals surface area contributed by atoms with Gasteiger partial charge in [-0.15, -0.1) is 0 Å². The number of rotatable bonds is 6. The monoisotopic (exact) mass is 265 g/mol. The summed E-state index contributed by atoms with van der Waals surface area (Å²) >= 11 is 0. The Morgan fingerprint density at radius 3 is 2.68 bits per heavy atom. The van der Waals surface area contributed by atoms with E-state index in [2.05, 4.69) is 5.32 Å². The van der Waals surface area contributed by atoms with E-state index in [1.54, 1.807) is 12.0 Å². The van der Waals surface area contributed by atoms with E-state index in [-0.39, 0.29) is 12.1 Å². The van der Waals surface area contributed by atoms with E-state index < -0.39 is 0 Å². The van der Waals surface area contributed by atoms with Gasteiger partial charge in [0, 0.05) is 12.6 Å². The summed E-state index contributed by atoms with van der Waals surface area (Å²) in [5, 5.41) is 2.87. The predicted octanol–water partition coefficient (Wildman–Crippen LogP) is 2.29. The number of urea groups is 1. The predicted molar refractivity (Wildman–Crippen MR) is 77.5 cm³/mol. The van der Waals surface area contributed by atoms with Gasteiger partial charge in [-0.1, -0.05) is 12.1 Å². The van der Waals surface area contributed by atoms with Gasteiger partial charge in [0.1, 0.15) is 5.75 Å². The molecule has 1 aromatic carbocycles. The second kappa shape index (κ2) is 7.63. The Balaban J connectivity index is 2.75. The third kappa shape index (κ3) is 4.44. The highest BCUT2D eigenvalue weighted by Gasteiger charge is 2.17. The molecule has 0 aliphatic heterocycles. The fraction of sp³-hybridized carbons (Fsp3) is 0.500. The van der Waals surface area contributed by atoms with Gasteiger partial charge in [0.15, 0.2) is 0 Å². The van der Waals surface area contributed by atoms with Gasteiger partial charge in [-0.25, -0.2) is 4.79 Å². The van der Waals surface area contributed by atoms with Gasteiger partial charge in [0.05, 0.1) is 12.8 Å². The number of hydrogen-bond acceptors (Lipinski definition) is 3. The lowest BCUT2D eigenvalue weighted by molar-refractivity contribution is 0.196. The van der Waals surface area contributed by atoms with Crippen LogP contribution in [0.5, 0.6) is 5.75 Å². The molecular weight excluding hydrogens is 242 g/mol. The van der Waals surface area contributed by atoms with Gasteiger partial charge in [0.2, 0.25) is 0 Å². The molecule has 0 aliphatic carbocycles. The molecule has 0 spiro atoms. The van der Waals surface area contributed by atoms with E-state index in [1.165, 1.54) is 0 Å². The molecule has 1 rings (SSSR count). The average Bonchev–Trinajstić information content (AvgIpc) is 2.39. The lowest BCUT2D eigenvalue weighted by Gasteiger charge is -2.27. The van der Waals surface area contributed by atoms with Crippen LogP contribution >= 0.6 is 0 Å². The van der Waals surface area contributed by atoms with Crippen LogP contribution in [0.2, 0.25) is 0 Å². The molecule has 19 heavy (non-hydrogen) atoms. The van der Waals surface area contributed by atoms with Crippen molar-refractivity contribution in [3.8, 4) is 5.75 Å². The van der Waals surface area contributed by atoms with Crippen molar-refractivity contribution >= 4 is 11.7 Å². The van der Waals surface area contributed by atoms with Gasteiger partial charge in [-0.3, -0.25) is 0 Å². The van der Waals surface area contributed by atoms with Crippen LogP contribution in [0.1, 0.15) is 20.3 Å². The molecular formula is C14H23N3O2. The molecule has 0 aromatic heterocycles. The number of methoxy groups -OCH3 is 1. The number of para-hydroxylation sites is 2. The number of nitrogens with one attached hydrogen (secondary N) is 1. The van der Waals surface area contributed by atoms with E-state index in [0.717, 1.165) is 6.42 Å². The maximum atomic E-state index is 12.2. The number of amides is 2. The van der Waals surface area contributed by atoms with Crippen LogP contribution in [0, 0.1) is 0 Å². The van der Waals surface area contributed by atoms with E-state index in [0.29, 0.717) is 24.5 Å². The fourth-order valence-electron chi connectivity index (χ4n) is 1.79. The summed E-state index contributed by atoms with van der Waals surface area (Å²) in [7, 11) is 1.58. The van der Waals surface area contributed by atoms with Crippen molar-refractivity contribution in [3.05, 3.63) is 24.3 Å². The fourth-order valence-corrected chi connectivity index (χ4v) is 1.79. The number of carbonyl (C=O) groups is 1. The molecule has 0 fully saturated rings. The first-order valence-corrected chi connectivity index (χ1v) is 6.50. The van der Waals surface area contributed by atoms with Crippen LogP contribution in [0.25, 0.3) is 0 Å². The Labute approximate surface area is 114 Å². The molecule has 0 unspecified atom stereocenters. The lowest BCUT2D eigenvalue weighted by atomic mass is 10.2. The summed E-state index contributed by atoms with van der Waals surface area (Å²) < 4.78 is 5.21. The second-order valence-corrected chi connectivity index (χ2v) is 4.56. The Hall–Kier alpha value is -1.75. The van der Waals surface area contributed by atoms with Crippen molar-refractivity contribution in [3.63, 3.8) is 0 Å². The Kier molecular flexibility index (Phi) is 6.15. The van der Waals surface area contributed by atoms with Crippen LogP contribution in [-0.2, 0) is 0 Å². The van der Waals surface area contributed by atoms with Gasteiger partial charge < -0.3 is 20.7 Å². The van der Waals surface area contributed by atoms with Crippen molar-refractivity contribution in [2.75, 3.05) is 25.5 Å². The summed E-state index contributed by atoms with van der Waals surface area (Å²) in [6.45, 7) is 5.19. The van der Waals surface area contributed by atoms with Crippen molar-refractivity contribution in [1.29, 1.82) is 0 Å². The number of nitrogens with two attached hydrogens (primary N) is 1. The molecule has 0 saturated carbocycles. The molecule has 0 atom stereocenters. The molecule has 0 aliphatic rings. The van der Waals surface area contributed by atoms with Crippen molar-refractivity contribution < 1.29 is 9.53 Å². The zero-order valence-corrected chi connectivity index (χ0v) is 11.8. The third-order valence-corrected chi connectivity index (χ3v) is 2.84. The molecule has 5 heteroatoms. The minimum atomic E-state index is -0.132. The van der Waals surface area contributed by atoms with Crippen molar-refractivity contribution in [2.45, 2.75) is 26.3 Å². The van der Waals surface area contributed by atoms with Gasteiger partial charge in [-0.05, 0) is 38.9 Å². The van der Waals surface area contributed by atoms with E-state index in [1.807, 2.05) is 38.1 Å². The van der Waals surface area contributed by atoms with E-state index >= 15 is 0 Å². The Morgan fingerprint density at radius 2 is 2.11 bits per heavy atom. The molecule has 5 nitrogen and oxygen atoms in total. The van der Waals surface area contributed by atoms with Crippen LogP contribution in [0.4, 0.5) is 10.5 Å². The highest BCUT2D eigenvalue weighted by molar-refractivity contribution is 5.91. The molecule has 106 valence electrons. The molecule has 0 heterocycles. The van der Waals surface area contributed by atoms with Gasteiger partial charge >= 0.3 is 6.03 Å². The Morgan fingerprint density at radius 1 is 1.42 bits per heavy atom. The summed E-state index contributed by atoms with van der Waals surface area (Å²) in [5.41, 5.74) is 6.17. The number of carbonyl (C=O) groups excluding carboxylic acids is 1. The highest BCUT2D eigenvalue weighted by atomic mass is 16.5. The van der Waals surface area contributed by atoms with Crippen LogP contribution in [-0.4, -0.2) is 37.2 Å². The minimum Gasteiger partial charge on any atom is -0.495 e. The quantitative estimate of drug-likeness (QED) is 0.829. The minimum absolute atomic E-state index is 0.126. The normalized spacial score (nSPS) is 10.4. The summed E-state index contributed by atoms with van der Waals surface area (Å²) in [4.78, 5) is 14.0. The molecule has 2 amide bonds. The number of benzene rings is 1. The number of nitrogens with zero attached hydrogens (tertiary/aromatic N) is 1. The van der Waals surface area contributed by atoms with Gasteiger partial charge in [0.25, 0.3) is 0 Å². The first-order chi connectivity index (χ1) is 9.10. The van der Waals surface area contributed by atoms with Crippen molar-refractivity contribution in [2.24, 2.45) is 5.73 Å². The SMILES string of the molecule is COc1ccccc1NC(=O)N(CCCN)C(C)C. The largest absolute Gasteiger partial charge is 0.495 e. The number of ether oxygens (including phenoxy) is 1. The van der Waals surface area contributed by atoms with Crippen LogP contribution < -0.4 is 15.8 Å². The molecule has 0 bridgehead atoms. The summed E-state index contributed by atoms with van der Waals surface area (Å²) in [6, 6.07) is 7.35. The molecule has 1 aromatic rings. The van der Waals surface area contributed by atoms with Crippen molar-refractivity contribution in [1.82, 2.24) is 4.90 Å². The number of hydrogen-bond donors (Lipinski definition) is 2. The summed E-state index contributed by atoms with van der Waals surface area (Å²) in [6.07, 6.45) is 0.789. The zero-order valence-electron chi connectivity index (χ0n) is 11.8. The maximum absolute atomic E-state index is 12.2. The highest BCUT2D eigenvalue weighted by Crippen LogP contribution is 2.23.